The van der Waals surface area contributed by atoms with Crippen LogP contribution in [0, 0.1) is 0 Å². The Morgan fingerprint density at radius 3 is 2.53 bits per heavy atom. The van der Waals surface area contributed by atoms with E-state index >= 15 is 0 Å². The van der Waals surface area contributed by atoms with Crippen molar-refractivity contribution in [3.8, 4) is 5.75 Å². The van der Waals surface area contributed by atoms with E-state index in [1.165, 1.54) is 6.92 Å². The summed E-state index contributed by atoms with van der Waals surface area (Å²) >= 11 is 0. The maximum atomic E-state index is 11.6. The summed E-state index contributed by atoms with van der Waals surface area (Å²) in [6, 6.07) is 6.97. The van der Waals surface area contributed by atoms with Crippen molar-refractivity contribution >= 4 is 11.6 Å². The topological polar surface area (TPSA) is 43.4 Å². The molecular formula is C12H14O3. The number of ether oxygens (including phenoxy) is 1. The van der Waals surface area contributed by atoms with Crippen LogP contribution in [0.15, 0.2) is 24.3 Å². The smallest absolute Gasteiger partial charge is 0.173 e. The Morgan fingerprint density at radius 1 is 1.27 bits per heavy atom. The summed E-state index contributed by atoms with van der Waals surface area (Å²) in [5, 5.41) is 0. The zero-order valence-corrected chi connectivity index (χ0v) is 8.95. The van der Waals surface area contributed by atoms with Crippen molar-refractivity contribution < 1.29 is 14.3 Å². The molecule has 0 amide bonds. The van der Waals surface area contributed by atoms with Gasteiger partial charge in [-0.3, -0.25) is 9.59 Å². The molecule has 0 fully saturated rings. The molecule has 0 unspecified atom stereocenters. The van der Waals surface area contributed by atoms with E-state index in [4.69, 9.17) is 4.74 Å². The highest BCUT2D eigenvalue weighted by Gasteiger charge is 2.13. The lowest BCUT2D eigenvalue weighted by molar-refractivity contribution is -0.116. The Hall–Kier alpha value is -1.64. The summed E-state index contributed by atoms with van der Waals surface area (Å²) in [7, 11) is 0. The van der Waals surface area contributed by atoms with Crippen molar-refractivity contribution in [3.63, 3.8) is 0 Å². The van der Waals surface area contributed by atoms with Gasteiger partial charge in [0.15, 0.2) is 5.78 Å². The van der Waals surface area contributed by atoms with Crippen molar-refractivity contribution in [2.75, 3.05) is 6.61 Å². The number of benzene rings is 1. The molecule has 1 aromatic carbocycles. The molecule has 0 spiro atoms. The number of hydrogen-bond donors (Lipinski definition) is 0. The van der Waals surface area contributed by atoms with E-state index in [0.717, 1.165) is 0 Å². The standard InChI is InChI=1S/C12H14O3/c1-3-15-12-7-5-4-6-10(12)11(14)8-9(2)13/h4-7H,3,8H2,1-2H3. The average Bonchev–Trinajstić information content (AvgIpc) is 2.18. The minimum absolute atomic E-state index is 0.0654. The van der Waals surface area contributed by atoms with Gasteiger partial charge in [-0.05, 0) is 26.0 Å². The Balaban J connectivity index is 2.91. The molecule has 0 heterocycles. The summed E-state index contributed by atoms with van der Waals surface area (Å²) in [5.74, 6) is 0.226. The molecule has 15 heavy (non-hydrogen) atoms. The first-order chi connectivity index (χ1) is 7.15. The fourth-order valence-electron chi connectivity index (χ4n) is 1.30. The summed E-state index contributed by atoms with van der Waals surface area (Å²) in [5.41, 5.74) is 0.481. The molecule has 0 atom stereocenters. The van der Waals surface area contributed by atoms with Crippen LogP contribution in [0.25, 0.3) is 0 Å². The molecule has 3 heteroatoms. The second kappa shape index (κ2) is 5.29. The number of Topliss-reactive ketones (excluding diaryl/α,β-unsaturated/α-hetero) is 2. The van der Waals surface area contributed by atoms with Gasteiger partial charge in [-0.15, -0.1) is 0 Å². The molecule has 0 aliphatic carbocycles. The summed E-state index contributed by atoms with van der Waals surface area (Å²) in [6.45, 7) is 3.76. The van der Waals surface area contributed by atoms with Gasteiger partial charge in [0, 0.05) is 0 Å². The van der Waals surface area contributed by atoms with Crippen molar-refractivity contribution in [2.45, 2.75) is 20.3 Å². The second-order valence-corrected chi connectivity index (χ2v) is 3.23. The third kappa shape index (κ3) is 3.20. The molecule has 3 nitrogen and oxygen atoms in total. The maximum absolute atomic E-state index is 11.6. The molecular weight excluding hydrogens is 192 g/mol. The quantitative estimate of drug-likeness (QED) is 0.548. The van der Waals surface area contributed by atoms with Crippen LogP contribution >= 0.6 is 0 Å². The lowest BCUT2D eigenvalue weighted by Gasteiger charge is -2.07. The fourth-order valence-corrected chi connectivity index (χ4v) is 1.30. The molecule has 0 saturated heterocycles. The highest BCUT2D eigenvalue weighted by molar-refractivity contribution is 6.08. The van der Waals surface area contributed by atoms with Gasteiger partial charge < -0.3 is 4.74 Å². The average molecular weight is 206 g/mol. The first kappa shape index (κ1) is 11.4. The number of carbonyl (C=O) groups is 2. The molecule has 0 aliphatic heterocycles. The van der Waals surface area contributed by atoms with Crippen LogP contribution in [0.4, 0.5) is 0 Å². The highest BCUT2D eigenvalue weighted by atomic mass is 16.5. The van der Waals surface area contributed by atoms with E-state index in [9.17, 15) is 9.59 Å². The van der Waals surface area contributed by atoms with Crippen LogP contribution in [0.2, 0.25) is 0 Å². The predicted octanol–water partition coefficient (Wildman–Crippen LogP) is 2.25. The Morgan fingerprint density at radius 2 is 1.93 bits per heavy atom. The van der Waals surface area contributed by atoms with E-state index < -0.39 is 0 Å². The van der Waals surface area contributed by atoms with Gasteiger partial charge in [-0.25, -0.2) is 0 Å². The van der Waals surface area contributed by atoms with Gasteiger partial charge in [0.1, 0.15) is 11.5 Å². The lowest BCUT2D eigenvalue weighted by Crippen LogP contribution is -2.07. The first-order valence-corrected chi connectivity index (χ1v) is 4.89. The number of para-hydroxylation sites is 1. The molecule has 80 valence electrons. The zero-order valence-electron chi connectivity index (χ0n) is 8.95. The monoisotopic (exact) mass is 206 g/mol. The minimum Gasteiger partial charge on any atom is -0.493 e. The lowest BCUT2D eigenvalue weighted by atomic mass is 10.1. The van der Waals surface area contributed by atoms with E-state index in [1.54, 1.807) is 24.3 Å². The predicted molar refractivity (Wildman–Crippen MR) is 57.2 cm³/mol. The van der Waals surface area contributed by atoms with Gasteiger partial charge in [-0.1, -0.05) is 12.1 Å². The fraction of sp³-hybridized carbons (Fsp3) is 0.333. The SMILES string of the molecule is CCOc1ccccc1C(=O)CC(C)=O. The van der Waals surface area contributed by atoms with E-state index in [-0.39, 0.29) is 18.0 Å². The Kier molecular flexibility index (Phi) is 4.03. The van der Waals surface area contributed by atoms with Crippen molar-refractivity contribution in [2.24, 2.45) is 0 Å². The number of hydrogen-bond acceptors (Lipinski definition) is 3. The van der Waals surface area contributed by atoms with Crippen molar-refractivity contribution in [1.29, 1.82) is 0 Å². The highest BCUT2D eigenvalue weighted by Crippen LogP contribution is 2.19. The van der Waals surface area contributed by atoms with Crippen molar-refractivity contribution in [3.05, 3.63) is 29.8 Å². The van der Waals surface area contributed by atoms with Crippen LogP contribution in [0.1, 0.15) is 30.6 Å². The minimum atomic E-state index is -0.188. The van der Waals surface area contributed by atoms with Gasteiger partial charge in [0.25, 0.3) is 0 Å². The molecule has 1 rings (SSSR count). The van der Waals surface area contributed by atoms with E-state index in [1.807, 2.05) is 6.92 Å². The third-order valence-electron chi connectivity index (χ3n) is 1.90. The molecule has 0 aliphatic rings. The van der Waals surface area contributed by atoms with Gasteiger partial charge >= 0.3 is 0 Å². The van der Waals surface area contributed by atoms with Gasteiger partial charge in [0.2, 0.25) is 0 Å². The summed E-state index contributed by atoms with van der Waals surface area (Å²) in [4.78, 5) is 22.5. The van der Waals surface area contributed by atoms with Crippen LogP contribution in [0.5, 0.6) is 5.75 Å². The molecule has 1 aromatic rings. The van der Waals surface area contributed by atoms with E-state index in [2.05, 4.69) is 0 Å². The summed E-state index contributed by atoms with van der Waals surface area (Å²) in [6.07, 6.45) is -0.0654. The van der Waals surface area contributed by atoms with Crippen LogP contribution in [-0.2, 0) is 4.79 Å². The third-order valence-corrected chi connectivity index (χ3v) is 1.90. The zero-order chi connectivity index (χ0) is 11.3. The molecule has 0 radical (unpaired) electrons. The van der Waals surface area contributed by atoms with Gasteiger partial charge in [0.05, 0.1) is 18.6 Å². The second-order valence-electron chi connectivity index (χ2n) is 3.23. The molecule has 0 saturated carbocycles. The summed E-state index contributed by atoms with van der Waals surface area (Å²) < 4.78 is 5.31. The largest absolute Gasteiger partial charge is 0.493 e. The number of carbonyl (C=O) groups excluding carboxylic acids is 2. The van der Waals surface area contributed by atoms with E-state index in [0.29, 0.717) is 17.9 Å². The first-order valence-electron chi connectivity index (χ1n) is 4.89. The molecule has 0 bridgehead atoms. The molecule has 0 N–H and O–H groups in total. The van der Waals surface area contributed by atoms with Crippen LogP contribution < -0.4 is 4.74 Å². The van der Waals surface area contributed by atoms with Gasteiger partial charge in [-0.2, -0.15) is 0 Å². The van der Waals surface area contributed by atoms with Crippen LogP contribution in [-0.4, -0.2) is 18.2 Å². The normalized spacial score (nSPS) is 9.73. The maximum Gasteiger partial charge on any atom is 0.173 e. The number of rotatable bonds is 5. The Labute approximate surface area is 89.1 Å². The van der Waals surface area contributed by atoms with Crippen molar-refractivity contribution in [1.82, 2.24) is 0 Å². The van der Waals surface area contributed by atoms with Crippen LogP contribution in [0.3, 0.4) is 0 Å². The Bertz CT molecular complexity index is 369. The number of ketones is 2. The molecule has 0 aromatic heterocycles.